The van der Waals surface area contributed by atoms with E-state index in [1.165, 1.54) is 5.56 Å². The summed E-state index contributed by atoms with van der Waals surface area (Å²) in [6.45, 7) is 7.00. The molecule has 25 heavy (non-hydrogen) atoms. The average Bonchev–Trinajstić information content (AvgIpc) is 3.27. The van der Waals surface area contributed by atoms with Gasteiger partial charge in [0.2, 0.25) is 0 Å². The van der Waals surface area contributed by atoms with E-state index in [0.717, 1.165) is 49.7 Å². The third-order valence-electron chi connectivity index (χ3n) is 4.58. The zero-order valence-corrected chi connectivity index (χ0v) is 14.6. The molecule has 0 unspecified atom stereocenters. The van der Waals surface area contributed by atoms with Crippen LogP contribution >= 0.6 is 0 Å². The maximum absolute atomic E-state index is 5.41. The molecule has 3 aromatic rings. The van der Waals surface area contributed by atoms with Crippen LogP contribution in [-0.2, 0) is 6.54 Å². The molecule has 1 fully saturated rings. The molecule has 7 heteroatoms. The zero-order chi connectivity index (χ0) is 17.2. The summed E-state index contributed by atoms with van der Waals surface area (Å²) in [6, 6.07) is 10.2. The minimum atomic E-state index is 0.481. The van der Waals surface area contributed by atoms with Crippen LogP contribution in [0.3, 0.4) is 0 Å². The number of nitrogens with zero attached hydrogens (tertiary/aromatic N) is 5. The molecule has 2 aromatic heterocycles. The number of aromatic amines is 1. The van der Waals surface area contributed by atoms with Crippen LogP contribution in [0.5, 0.6) is 0 Å². The number of aryl methyl sites for hydroxylation is 1. The molecule has 1 N–H and O–H groups in total. The predicted octanol–water partition coefficient (Wildman–Crippen LogP) is 2.18. The Balaban J connectivity index is 1.46. The van der Waals surface area contributed by atoms with Gasteiger partial charge in [0.05, 0.1) is 12.2 Å². The lowest BCUT2D eigenvalue weighted by Gasteiger charge is -2.31. The monoisotopic (exact) mass is 338 g/mol. The van der Waals surface area contributed by atoms with Gasteiger partial charge < -0.3 is 9.42 Å². The summed E-state index contributed by atoms with van der Waals surface area (Å²) in [4.78, 5) is 9.19. The smallest absolute Gasteiger partial charge is 0.275 e. The van der Waals surface area contributed by atoms with E-state index in [4.69, 9.17) is 4.52 Å². The molecule has 4 rings (SSSR count). The Labute approximate surface area is 146 Å². The van der Waals surface area contributed by atoms with E-state index in [1.807, 2.05) is 6.07 Å². The van der Waals surface area contributed by atoms with Crippen LogP contribution in [0.4, 0.5) is 0 Å². The average molecular weight is 338 g/mol. The van der Waals surface area contributed by atoms with Crippen molar-refractivity contribution in [2.75, 3.05) is 33.2 Å². The lowest BCUT2D eigenvalue weighted by atomic mass is 10.1. The number of H-pyrrole nitrogens is 1. The first-order valence-corrected chi connectivity index (χ1v) is 8.54. The van der Waals surface area contributed by atoms with E-state index in [0.29, 0.717) is 11.7 Å². The molecule has 0 saturated carbocycles. The number of nitrogens with one attached hydrogen (secondary N) is 1. The Morgan fingerprint density at radius 1 is 1.12 bits per heavy atom. The Kier molecular flexibility index (Phi) is 4.33. The van der Waals surface area contributed by atoms with E-state index in [2.05, 4.69) is 68.4 Å². The molecule has 7 nitrogen and oxygen atoms in total. The summed E-state index contributed by atoms with van der Waals surface area (Å²) in [5.41, 5.74) is 3.90. The summed E-state index contributed by atoms with van der Waals surface area (Å²) in [7, 11) is 2.15. The molecule has 0 radical (unpaired) electrons. The topological polar surface area (TPSA) is 74.1 Å². The highest BCUT2D eigenvalue weighted by molar-refractivity contribution is 5.64. The minimum Gasteiger partial charge on any atom is -0.332 e. The number of piperazine rings is 1. The summed E-state index contributed by atoms with van der Waals surface area (Å²) in [6.07, 6.45) is 0. The SMILES string of the molecule is Cc1ccc(-c2cc(-c3nc(CN4CCN(C)CC4)no3)[nH]n2)cc1. The van der Waals surface area contributed by atoms with Gasteiger partial charge in [-0.3, -0.25) is 10.00 Å². The van der Waals surface area contributed by atoms with Crippen molar-refractivity contribution in [1.82, 2.24) is 30.1 Å². The third-order valence-corrected chi connectivity index (χ3v) is 4.58. The predicted molar refractivity (Wildman–Crippen MR) is 94.8 cm³/mol. The lowest BCUT2D eigenvalue weighted by Crippen LogP contribution is -2.44. The standard InChI is InChI=1S/C18H22N6O/c1-13-3-5-14(6-4-13)15-11-16(21-20-15)18-19-17(22-25-18)12-24-9-7-23(2)8-10-24/h3-6,11H,7-10,12H2,1-2H3,(H,20,21). The van der Waals surface area contributed by atoms with Gasteiger partial charge in [0, 0.05) is 31.7 Å². The summed E-state index contributed by atoms with van der Waals surface area (Å²) in [5.74, 6) is 1.20. The highest BCUT2D eigenvalue weighted by Crippen LogP contribution is 2.23. The third kappa shape index (κ3) is 3.62. The van der Waals surface area contributed by atoms with E-state index < -0.39 is 0 Å². The van der Waals surface area contributed by atoms with Crippen molar-refractivity contribution in [2.45, 2.75) is 13.5 Å². The minimum absolute atomic E-state index is 0.481. The van der Waals surface area contributed by atoms with Crippen molar-refractivity contribution in [3.8, 4) is 22.8 Å². The quantitative estimate of drug-likeness (QED) is 0.786. The molecular weight excluding hydrogens is 316 g/mol. The van der Waals surface area contributed by atoms with Gasteiger partial charge in [-0.2, -0.15) is 10.1 Å². The van der Waals surface area contributed by atoms with Crippen molar-refractivity contribution in [3.05, 3.63) is 41.7 Å². The Hall–Kier alpha value is -2.51. The molecule has 0 amide bonds. The second-order valence-electron chi connectivity index (χ2n) is 6.63. The molecule has 3 heterocycles. The van der Waals surface area contributed by atoms with Gasteiger partial charge in [-0.1, -0.05) is 35.0 Å². The van der Waals surface area contributed by atoms with Gasteiger partial charge in [-0.05, 0) is 20.0 Å². The second-order valence-corrected chi connectivity index (χ2v) is 6.63. The van der Waals surface area contributed by atoms with Crippen molar-refractivity contribution in [3.63, 3.8) is 0 Å². The number of likely N-dealkylation sites (N-methyl/N-ethyl adjacent to an activating group) is 1. The van der Waals surface area contributed by atoms with Crippen LogP contribution in [0.1, 0.15) is 11.4 Å². The van der Waals surface area contributed by atoms with Crippen LogP contribution in [0.15, 0.2) is 34.9 Å². The van der Waals surface area contributed by atoms with Crippen molar-refractivity contribution in [1.29, 1.82) is 0 Å². The molecule has 0 atom stereocenters. The van der Waals surface area contributed by atoms with Crippen molar-refractivity contribution >= 4 is 0 Å². The molecule has 1 aliphatic heterocycles. The number of hydrogen-bond acceptors (Lipinski definition) is 6. The van der Waals surface area contributed by atoms with Gasteiger partial charge in [0.15, 0.2) is 5.82 Å². The normalized spacial score (nSPS) is 16.4. The fourth-order valence-corrected chi connectivity index (χ4v) is 2.94. The van der Waals surface area contributed by atoms with Gasteiger partial charge in [-0.25, -0.2) is 0 Å². The molecule has 1 aromatic carbocycles. The van der Waals surface area contributed by atoms with Gasteiger partial charge >= 0.3 is 0 Å². The second kappa shape index (κ2) is 6.78. The van der Waals surface area contributed by atoms with Gasteiger partial charge in [0.25, 0.3) is 5.89 Å². The van der Waals surface area contributed by atoms with Gasteiger partial charge in [0.1, 0.15) is 5.69 Å². The van der Waals surface area contributed by atoms with E-state index in [1.54, 1.807) is 0 Å². The van der Waals surface area contributed by atoms with E-state index >= 15 is 0 Å². The molecule has 130 valence electrons. The first kappa shape index (κ1) is 16.0. The van der Waals surface area contributed by atoms with E-state index in [-0.39, 0.29) is 0 Å². The molecular formula is C18H22N6O. The van der Waals surface area contributed by atoms with Crippen LogP contribution in [0, 0.1) is 6.92 Å². The Morgan fingerprint density at radius 3 is 2.64 bits per heavy atom. The molecule has 0 bridgehead atoms. The highest BCUT2D eigenvalue weighted by Gasteiger charge is 2.18. The van der Waals surface area contributed by atoms with Crippen molar-refractivity contribution in [2.24, 2.45) is 0 Å². The number of benzene rings is 1. The summed E-state index contributed by atoms with van der Waals surface area (Å²) < 4.78 is 5.41. The first-order chi connectivity index (χ1) is 12.2. The van der Waals surface area contributed by atoms with E-state index in [9.17, 15) is 0 Å². The maximum atomic E-state index is 5.41. The number of aromatic nitrogens is 4. The summed E-state index contributed by atoms with van der Waals surface area (Å²) in [5, 5.41) is 11.5. The fraction of sp³-hybridized carbons (Fsp3) is 0.389. The lowest BCUT2D eigenvalue weighted by molar-refractivity contribution is 0.144. The Bertz CT molecular complexity index is 829. The highest BCUT2D eigenvalue weighted by atomic mass is 16.5. The molecule has 1 aliphatic rings. The van der Waals surface area contributed by atoms with Crippen LogP contribution < -0.4 is 0 Å². The van der Waals surface area contributed by atoms with Gasteiger partial charge in [-0.15, -0.1) is 0 Å². The number of hydrogen-bond donors (Lipinski definition) is 1. The maximum Gasteiger partial charge on any atom is 0.275 e. The summed E-state index contributed by atoms with van der Waals surface area (Å²) >= 11 is 0. The number of rotatable bonds is 4. The fourth-order valence-electron chi connectivity index (χ4n) is 2.94. The van der Waals surface area contributed by atoms with Crippen LogP contribution in [-0.4, -0.2) is 63.4 Å². The largest absolute Gasteiger partial charge is 0.332 e. The van der Waals surface area contributed by atoms with Crippen molar-refractivity contribution < 1.29 is 4.52 Å². The Morgan fingerprint density at radius 2 is 1.88 bits per heavy atom. The zero-order valence-electron chi connectivity index (χ0n) is 14.6. The molecule has 0 aliphatic carbocycles. The van der Waals surface area contributed by atoms with Crippen LogP contribution in [0.25, 0.3) is 22.8 Å². The molecule has 1 saturated heterocycles. The molecule has 0 spiro atoms. The van der Waals surface area contributed by atoms with Crippen LogP contribution in [0.2, 0.25) is 0 Å². The first-order valence-electron chi connectivity index (χ1n) is 8.54.